The van der Waals surface area contributed by atoms with E-state index in [4.69, 9.17) is 5.73 Å². The minimum absolute atomic E-state index is 0.0225. The van der Waals surface area contributed by atoms with Gasteiger partial charge in [0.2, 0.25) is 5.82 Å². The lowest BCUT2D eigenvalue weighted by Crippen LogP contribution is -2.48. The average molecular weight is 424 g/mol. The van der Waals surface area contributed by atoms with Gasteiger partial charge in [-0.2, -0.15) is 0 Å². The lowest BCUT2D eigenvalue weighted by atomic mass is 9.65. The molecule has 3 heterocycles. The first-order valence-electron chi connectivity index (χ1n) is 9.64. The van der Waals surface area contributed by atoms with Gasteiger partial charge in [-0.05, 0) is 37.1 Å². The van der Waals surface area contributed by atoms with Crippen LogP contribution in [0.3, 0.4) is 0 Å². The predicted octanol–water partition coefficient (Wildman–Crippen LogP) is 1.44. The standard InChI is InChI=1S/C20H21FN8O2/c1-29-10-16(25-18(29)17(22)30)26-19(31)13-5-6-15(28-27-13)24-11-20(8-12(21)9-20)14-4-2-3-7-23-14/h2-7,10,12H,8-9,11H2,1H3,(H2,22,30)(H,24,28)(H,26,31). The third kappa shape index (κ3) is 4.20. The van der Waals surface area contributed by atoms with Crippen molar-refractivity contribution in [3.63, 3.8) is 0 Å². The number of nitrogens with zero attached hydrogens (tertiary/aromatic N) is 5. The molecule has 160 valence electrons. The third-order valence-corrected chi connectivity index (χ3v) is 5.28. The van der Waals surface area contributed by atoms with Crippen LogP contribution >= 0.6 is 0 Å². The number of aryl methyl sites for hydroxylation is 1. The van der Waals surface area contributed by atoms with Gasteiger partial charge in [-0.3, -0.25) is 14.6 Å². The van der Waals surface area contributed by atoms with E-state index in [9.17, 15) is 14.0 Å². The number of anilines is 2. The van der Waals surface area contributed by atoms with Crippen LogP contribution in [-0.4, -0.2) is 49.3 Å². The summed E-state index contributed by atoms with van der Waals surface area (Å²) < 4.78 is 15.1. The molecule has 1 fully saturated rings. The monoisotopic (exact) mass is 424 g/mol. The summed E-state index contributed by atoms with van der Waals surface area (Å²) in [6.07, 6.45) is 3.10. The first-order valence-corrected chi connectivity index (χ1v) is 9.64. The van der Waals surface area contributed by atoms with Crippen molar-refractivity contribution >= 4 is 23.5 Å². The first-order chi connectivity index (χ1) is 14.9. The number of hydrogen-bond donors (Lipinski definition) is 3. The van der Waals surface area contributed by atoms with Crippen LogP contribution in [-0.2, 0) is 12.5 Å². The lowest BCUT2D eigenvalue weighted by Gasteiger charge is -2.43. The van der Waals surface area contributed by atoms with Crippen molar-refractivity contribution in [2.24, 2.45) is 12.8 Å². The molecular weight excluding hydrogens is 403 g/mol. The second-order valence-corrected chi connectivity index (χ2v) is 7.54. The fraction of sp³-hybridized carbons (Fsp3) is 0.300. The van der Waals surface area contributed by atoms with E-state index in [-0.39, 0.29) is 17.3 Å². The Bertz CT molecular complexity index is 1090. The molecule has 11 heteroatoms. The number of pyridine rings is 1. The molecular formula is C20H21FN8O2. The van der Waals surface area contributed by atoms with Crippen molar-refractivity contribution in [3.8, 4) is 0 Å². The second kappa shape index (κ2) is 8.09. The highest BCUT2D eigenvalue weighted by atomic mass is 19.1. The van der Waals surface area contributed by atoms with Gasteiger partial charge in [0.25, 0.3) is 11.8 Å². The molecule has 3 aromatic rings. The van der Waals surface area contributed by atoms with Gasteiger partial charge in [0.05, 0.1) is 0 Å². The van der Waals surface area contributed by atoms with Crippen LogP contribution in [0.2, 0.25) is 0 Å². The third-order valence-electron chi connectivity index (χ3n) is 5.28. The molecule has 0 spiro atoms. The van der Waals surface area contributed by atoms with Gasteiger partial charge < -0.3 is 20.9 Å². The number of alkyl halides is 1. The van der Waals surface area contributed by atoms with Crippen molar-refractivity contribution in [2.75, 3.05) is 17.2 Å². The van der Waals surface area contributed by atoms with Gasteiger partial charge in [-0.15, -0.1) is 10.2 Å². The van der Waals surface area contributed by atoms with Crippen LogP contribution in [0.15, 0.2) is 42.7 Å². The fourth-order valence-electron chi connectivity index (χ4n) is 3.65. The number of imidazole rings is 1. The zero-order chi connectivity index (χ0) is 22.0. The molecule has 1 saturated carbocycles. The minimum Gasteiger partial charge on any atom is -0.368 e. The highest BCUT2D eigenvalue weighted by Gasteiger charge is 2.47. The van der Waals surface area contributed by atoms with Crippen LogP contribution in [0.4, 0.5) is 16.0 Å². The fourth-order valence-corrected chi connectivity index (χ4v) is 3.65. The quantitative estimate of drug-likeness (QED) is 0.521. The van der Waals surface area contributed by atoms with Gasteiger partial charge in [0, 0.05) is 37.1 Å². The Kier molecular flexibility index (Phi) is 5.32. The van der Waals surface area contributed by atoms with E-state index >= 15 is 0 Å². The van der Waals surface area contributed by atoms with E-state index in [1.807, 2.05) is 18.2 Å². The first kappa shape index (κ1) is 20.4. The number of carbonyl (C=O) groups is 2. The summed E-state index contributed by atoms with van der Waals surface area (Å²) in [5.41, 5.74) is 5.73. The van der Waals surface area contributed by atoms with Crippen molar-refractivity contribution in [1.29, 1.82) is 0 Å². The van der Waals surface area contributed by atoms with E-state index in [1.165, 1.54) is 16.8 Å². The maximum absolute atomic E-state index is 13.7. The number of primary amides is 1. The van der Waals surface area contributed by atoms with E-state index in [0.717, 1.165) is 5.69 Å². The van der Waals surface area contributed by atoms with E-state index < -0.39 is 23.4 Å². The molecule has 1 aliphatic rings. The number of hydrogen-bond acceptors (Lipinski definition) is 7. The Labute approximate surface area is 177 Å². The Morgan fingerprint density at radius 2 is 2.03 bits per heavy atom. The summed E-state index contributed by atoms with van der Waals surface area (Å²) in [6, 6.07) is 8.73. The van der Waals surface area contributed by atoms with E-state index in [0.29, 0.717) is 25.2 Å². The molecule has 0 aliphatic heterocycles. The van der Waals surface area contributed by atoms with Gasteiger partial charge in [0.15, 0.2) is 11.5 Å². The maximum atomic E-state index is 13.7. The van der Waals surface area contributed by atoms with Crippen molar-refractivity contribution < 1.29 is 14.0 Å². The number of nitrogens with two attached hydrogens (primary N) is 1. The largest absolute Gasteiger partial charge is 0.368 e. The van der Waals surface area contributed by atoms with Crippen LogP contribution in [0.25, 0.3) is 0 Å². The van der Waals surface area contributed by atoms with Crippen LogP contribution in [0, 0.1) is 0 Å². The van der Waals surface area contributed by atoms with Crippen molar-refractivity contribution in [1.82, 2.24) is 24.7 Å². The highest BCUT2D eigenvalue weighted by Crippen LogP contribution is 2.44. The Morgan fingerprint density at radius 3 is 2.61 bits per heavy atom. The smallest absolute Gasteiger partial charge is 0.284 e. The summed E-state index contributed by atoms with van der Waals surface area (Å²) in [4.78, 5) is 32.0. The topological polar surface area (TPSA) is 141 Å². The summed E-state index contributed by atoms with van der Waals surface area (Å²) >= 11 is 0. The molecule has 31 heavy (non-hydrogen) atoms. The van der Waals surface area contributed by atoms with Crippen molar-refractivity contribution in [2.45, 2.75) is 24.4 Å². The molecule has 0 saturated heterocycles. The zero-order valence-corrected chi connectivity index (χ0v) is 16.7. The molecule has 3 aromatic heterocycles. The van der Waals surface area contributed by atoms with Crippen LogP contribution < -0.4 is 16.4 Å². The molecule has 0 aromatic carbocycles. The number of aromatic nitrogens is 5. The van der Waals surface area contributed by atoms with E-state index in [2.05, 4.69) is 30.8 Å². The maximum Gasteiger partial charge on any atom is 0.284 e. The highest BCUT2D eigenvalue weighted by molar-refractivity contribution is 6.02. The number of carbonyl (C=O) groups excluding carboxylic acids is 2. The van der Waals surface area contributed by atoms with Gasteiger partial charge in [-0.25, -0.2) is 9.37 Å². The normalized spacial score (nSPS) is 20.0. The zero-order valence-electron chi connectivity index (χ0n) is 16.7. The molecule has 10 nitrogen and oxygen atoms in total. The van der Waals surface area contributed by atoms with Crippen LogP contribution in [0.5, 0.6) is 0 Å². The minimum atomic E-state index is -0.845. The Morgan fingerprint density at radius 1 is 1.23 bits per heavy atom. The van der Waals surface area contributed by atoms with Gasteiger partial charge >= 0.3 is 0 Å². The van der Waals surface area contributed by atoms with Gasteiger partial charge in [0.1, 0.15) is 12.0 Å². The molecule has 0 atom stereocenters. The molecule has 0 bridgehead atoms. The summed E-state index contributed by atoms with van der Waals surface area (Å²) in [7, 11) is 1.59. The molecule has 2 amide bonds. The molecule has 4 rings (SSSR count). The SMILES string of the molecule is Cn1cc(NC(=O)c2ccc(NCC3(c4ccccn4)CC(F)C3)nn2)nc1C(N)=O. The Balaban J connectivity index is 1.39. The lowest BCUT2D eigenvalue weighted by molar-refractivity contribution is 0.0983. The number of nitrogens with one attached hydrogen (secondary N) is 2. The van der Waals surface area contributed by atoms with Crippen LogP contribution in [0.1, 0.15) is 39.6 Å². The number of halogens is 1. The summed E-state index contributed by atoms with van der Waals surface area (Å²) in [5.74, 6) is -0.574. The average Bonchev–Trinajstić information content (AvgIpc) is 3.11. The summed E-state index contributed by atoms with van der Waals surface area (Å²) in [5, 5.41) is 13.7. The number of amides is 2. The second-order valence-electron chi connectivity index (χ2n) is 7.54. The molecule has 4 N–H and O–H groups in total. The predicted molar refractivity (Wildman–Crippen MR) is 110 cm³/mol. The van der Waals surface area contributed by atoms with E-state index in [1.54, 1.807) is 19.3 Å². The molecule has 1 aliphatic carbocycles. The number of rotatable bonds is 7. The summed E-state index contributed by atoms with van der Waals surface area (Å²) in [6.45, 7) is 0.453. The van der Waals surface area contributed by atoms with Crippen molar-refractivity contribution in [3.05, 3.63) is 59.9 Å². The van der Waals surface area contributed by atoms with Gasteiger partial charge in [-0.1, -0.05) is 6.07 Å². The molecule has 0 unspecified atom stereocenters. The molecule has 0 radical (unpaired) electrons. The Hall–Kier alpha value is -3.89.